The van der Waals surface area contributed by atoms with Crippen molar-refractivity contribution in [3.8, 4) is 0 Å². The van der Waals surface area contributed by atoms with E-state index < -0.39 is 0 Å². The maximum Gasteiger partial charge on any atom is 0.203 e. The Morgan fingerprint density at radius 1 is 1.47 bits per heavy atom. The molecule has 0 fully saturated rings. The van der Waals surface area contributed by atoms with Gasteiger partial charge in [-0.15, -0.1) is 0 Å². The van der Waals surface area contributed by atoms with Crippen LogP contribution in [0.2, 0.25) is 0 Å². The highest BCUT2D eigenvalue weighted by atomic mass is 16.5. The van der Waals surface area contributed by atoms with Crippen LogP contribution in [0.5, 0.6) is 0 Å². The number of methoxy groups -OCH3 is 1. The van der Waals surface area contributed by atoms with E-state index in [1.54, 1.807) is 7.11 Å². The Morgan fingerprint density at radius 3 is 2.88 bits per heavy atom. The van der Waals surface area contributed by atoms with Gasteiger partial charge in [0, 0.05) is 31.6 Å². The molecule has 0 spiro atoms. The van der Waals surface area contributed by atoms with Crippen molar-refractivity contribution in [2.75, 3.05) is 19.0 Å². The Hall–Kier alpha value is -1.03. The second-order valence-electron chi connectivity index (χ2n) is 4.65. The van der Waals surface area contributed by atoms with E-state index in [0.29, 0.717) is 12.6 Å². The number of ether oxygens (including phenoxy) is 1. The van der Waals surface area contributed by atoms with Gasteiger partial charge < -0.3 is 14.6 Å². The van der Waals surface area contributed by atoms with Crippen molar-refractivity contribution < 1.29 is 4.74 Å². The lowest BCUT2D eigenvalue weighted by Crippen LogP contribution is -2.23. The summed E-state index contributed by atoms with van der Waals surface area (Å²) in [5, 5.41) is 3.38. The van der Waals surface area contributed by atoms with E-state index in [2.05, 4.69) is 35.6 Å². The monoisotopic (exact) mass is 239 g/mol. The van der Waals surface area contributed by atoms with Crippen LogP contribution in [0.25, 0.3) is 0 Å². The Kier molecular flexibility index (Phi) is 6.05. The number of unbranched alkanes of at least 4 members (excludes halogenated alkanes) is 1. The fourth-order valence-electron chi connectivity index (χ4n) is 1.93. The minimum Gasteiger partial charge on any atom is -0.383 e. The third kappa shape index (κ3) is 4.38. The lowest BCUT2D eigenvalue weighted by Gasteiger charge is -2.19. The van der Waals surface area contributed by atoms with Crippen LogP contribution in [0, 0.1) is 0 Å². The number of anilines is 1. The molecule has 0 saturated carbocycles. The van der Waals surface area contributed by atoms with Crippen LogP contribution in [0.15, 0.2) is 12.4 Å². The van der Waals surface area contributed by atoms with Gasteiger partial charge in [-0.1, -0.05) is 19.8 Å². The zero-order chi connectivity index (χ0) is 12.7. The van der Waals surface area contributed by atoms with Crippen molar-refractivity contribution in [2.24, 2.45) is 0 Å². The first-order valence-electron chi connectivity index (χ1n) is 6.47. The van der Waals surface area contributed by atoms with E-state index in [9.17, 15) is 0 Å². The molecule has 1 heterocycles. The van der Waals surface area contributed by atoms with Crippen LogP contribution in [0.4, 0.5) is 5.95 Å². The highest BCUT2D eigenvalue weighted by Crippen LogP contribution is 2.19. The summed E-state index contributed by atoms with van der Waals surface area (Å²) in [7, 11) is 1.72. The lowest BCUT2D eigenvalue weighted by molar-refractivity contribution is 0.190. The van der Waals surface area contributed by atoms with Gasteiger partial charge in [0.15, 0.2) is 0 Å². The first-order valence-corrected chi connectivity index (χ1v) is 6.47. The zero-order valence-corrected chi connectivity index (χ0v) is 11.4. The number of aromatic nitrogens is 2. The maximum atomic E-state index is 5.12. The Balaban J connectivity index is 2.58. The number of imidazole rings is 1. The molecule has 0 aliphatic rings. The van der Waals surface area contributed by atoms with Crippen LogP contribution in [-0.2, 0) is 4.74 Å². The fraction of sp³-hybridized carbons (Fsp3) is 0.769. The second-order valence-corrected chi connectivity index (χ2v) is 4.65. The molecule has 1 rings (SSSR count). The normalized spacial score (nSPS) is 14.6. The van der Waals surface area contributed by atoms with E-state index in [4.69, 9.17) is 4.74 Å². The van der Waals surface area contributed by atoms with E-state index in [1.807, 2.05) is 12.4 Å². The summed E-state index contributed by atoms with van der Waals surface area (Å²) < 4.78 is 7.33. The van der Waals surface area contributed by atoms with E-state index in [0.717, 1.165) is 5.95 Å². The molecule has 0 aliphatic carbocycles. The first-order chi connectivity index (χ1) is 8.19. The fourth-order valence-corrected chi connectivity index (χ4v) is 1.93. The van der Waals surface area contributed by atoms with Crippen molar-refractivity contribution in [3.63, 3.8) is 0 Å². The third-order valence-corrected chi connectivity index (χ3v) is 2.91. The number of hydrogen-bond acceptors (Lipinski definition) is 3. The molecule has 2 unspecified atom stereocenters. The third-order valence-electron chi connectivity index (χ3n) is 2.91. The van der Waals surface area contributed by atoms with Crippen LogP contribution in [0.3, 0.4) is 0 Å². The summed E-state index contributed by atoms with van der Waals surface area (Å²) in [6.45, 7) is 7.25. The predicted octanol–water partition coefficient (Wildman–Crippen LogP) is 3.08. The summed E-state index contributed by atoms with van der Waals surface area (Å²) in [4.78, 5) is 4.36. The minimum absolute atomic E-state index is 0.277. The summed E-state index contributed by atoms with van der Waals surface area (Å²) >= 11 is 0. The van der Waals surface area contributed by atoms with Gasteiger partial charge in [-0.2, -0.15) is 0 Å². The van der Waals surface area contributed by atoms with Gasteiger partial charge in [0.05, 0.1) is 6.61 Å². The summed E-state index contributed by atoms with van der Waals surface area (Å²) in [6, 6.07) is 0.772. The molecule has 17 heavy (non-hydrogen) atoms. The van der Waals surface area contributed by atoms with Gasteiger partial charge in [-0.3, -0.25) is 0 Å². The molecular formula is C13H25N3O. The Bertz CT molecular complexity index is 311. The average Bonchev–Trinajstić information content (AvgIpc) is 2.74. The van der Waals surface area contributed by atoms with Gasteiger partial charge in [-0.05, 0) is 20.3 Å². The number of rotatable bonds is 8. The van der Waals surface area contributed by atoms with E-state index >= 15 is 0 Å². The molecule has 0 amide bonds. The van der Waals surface area contributed by atoms with Crippen molar-refractivity contribution in [2.45, 2.75) is 52.1 Å². The van der Waals surface area contributed by atoms with Crippen LogP contribution in [0.1, 0.15) is 46.1 Å². The molecular weight excluding hydrogens is 214 g/mol. The van der Waals surface area contributed by atoms with Crippen molar-refractivity contribution in [1.29, 1.82) is 0 Å². The van der Waals surface area contributed by atoms with Crippen molar-refractivity contribution in [1.82, 2.24) is 9.55 Å². The minimum atomic E-state index is 0.277. The van der Waals surface area contributed by atoms with Gasteiger partial charge in [0.25, 0.3) is 0 Å². The average molecular weight is 239 g/mol. The molecule has 1 aromatic heterocycles. The van der Waals surface area contributed by atoms with Crippen LogP contribution in [-0.4, -0.2) is 29.3 Å². The van der Waals surface area contributed by atoms with Gasteiger partial charge in [-0.25, -0.2) is 4.98 Å². The summed E-state index contributed by atoms with van der Waals surface area (Å²) in [6.07, 6.45) is 7.58. The molecule has 1 aromatic rings. The van der Waals surface area contributed by atoms with Gasteiger partial charge in [0.1, 0.15) is 0 Å². The number of nitrogens with zero attached hydrogens (tertiary/aromatic N) is 2. The summed E-state index contributed by atoms with van der Waals surface area (Å²) in [5.41, 5.74) is 0. The molecule has 0 radical (unpaired) electrons. The van der Waals surface area contributed by atoms with Crippen molar-refractivity contribution in [3.05, 3.63) is 12.4 Å². The number of nitrogens with one attached hydrogen (secondary N) is 1. The topological polar surface area (TPSA) is 39.1 Å². The molecule has 4 nitrogen and oxygen atoms in total. The van der Waals surface area contributed by atoms with Crippen LogP contribution >= 0.6 is 0 Å². The first kappa shape index (κ1) is 14.0. The summed E-state index contributed by atoms with van der Waals surface area (Å²) in [5.74, 6) is 0.943. The largest absolute Gasteiger partial charge is 0.383 e. The van der Waals surface area contributed by atoms with Gasteiger partial charge >= 0.3 is 0 Å². The van der Waals surface area contributed by atoms with E-state index in [1.165, 1.54) is 19.3 Å². The quantitative estimate of drug-likeness (QED) is 0.757. The molecule has 1 N–H and O–H groups in total. The highest BCUT2D eigenvalue weighted by Gasteiger charge is 2.11. The molecule has 0 aliphatic heterocycles. The standard InChI is InChI=1S/C13H25N3O/c1-5-6-7-12(3)16-9-8-14-13(16)15-11(2)10-17-4/h8-9,11-12H,5-7,10H2,1-4H3,(H,14,15). The molecule has 2 atom stereocenters. The highest BCUT2D eigenvalue weighted by molar-refractivity contribution is 5.28. The maximum absolute atomic E-state index is 5.12. The molecule has 4 heteroatoms. The zero-order valence-electron chi connectivity index (χ0n) is 11.4. The SMILES string of the molecule is CCCCC(C)n1ccnc1NC(C)COC. The molecule has 98 valence electrons. The second kappa shape index (κ2) is 7.33. The van der Waals surface area contributed by atoms with Crippen molar-refractivity contribution >= 4 is 5.95 Å². The number of hydrogen-bond donors (Lipinski definition) is 1. The van der Waals surface area contributed by atoms with Crippen LogP contribution < -0.4 is 5.32 Å². The molecule has 0 bridgehead atoms. The lowest BCUT2D eigenvalue weighted by atomic mass is 10.1. The smallest absolute Gasteiger partial charge is 0.203 e. The van der Waals surface area contributed by atoms with E-state index in [-0.39, 0.29) is 6.04 Å². The predicted molar refractivity (Wildman–Crippen MR) is 71.4 cm³/mol. The Morgan fingerprint density at radius 2 is 2.24 bits per heavy atom. The molecule has 0 saturated heterocycles. The molecule has 0 aromatic carbocycles. The van der Waals surface area contributed by atoms with Gasteiger partial charge in [0.2, 0.25) is 5.95 Å². The Labute approximate surface area is 104 Å².